The number of anilines is 1. The zero-order valence-corrected chi connectivity index (χ0v) is 18.5. The summed E-state index contributed by atoms with van der Waals surface area (Å²) in [6.45, 7) is 1.72. The Morgan fingerprint density at radius 3 is 2.24 bits per heavy atom. The number of aryl methyl sites for hydroxylation is 1. The van der Waals surface area contributed by atoms with Crippen molar-refractivity contribution in [3.05, 3.63) is 58.6 Å². The van der Waals surface area contributed by atoms with Crippen molar-refractivity contribution in [2.24, 2.45) is 0 Å². The van der Waals surface area contributed by atoms with Crippen LogP contribution in [-0.4, -0.2) is 36.0 Å². The van der Waals surface area contributed by atoms with Gasteiger partial charge in [0.15, 0.2) is 0 Å². The van der Waals surface area contributed by atoms with E-state index in [2.05, 4.69) is 14.8 Å². The SMILES string of the molecule is CNS(=O)(=O)c1ccc(C)c(NC(=O)C[C@H](NS(C)(=O)=O)c2ccc(Cl)cc2)c1. The molecule has 11 heteroatoms. The Morgan fingerprint density at radius 1 is 1.07 bits per heavy atom. The summed E-state index contributed by atoms with van der Waals surface area (Å²) in [4.78, 5) is 12.6. The van der Waals surface area contributed by atoms with Gasteiger partial charge in [0, 0.05) is 17.1 Å². The van der Waals surface area contributed by atoms with Gasteiger partial charge in [-0.05, 0) is 49.4 Å². The molecule has 0 unspecified atom stereocenters. The van der Waals surface area contributed by atoms with E-state index in [0.717, 1.165) is 6.26 Å². The van der Waals surface area contributed by atoms with Gasteiger partial charge in [0.25, 0.3) is 0 Å². The van der Waals surface area contributed by atoms with Crippen LogP contribution in [0.25, 0.3) is 0 Å². The summed E-state index contributed by atoms with van der Waals surface area (Å²) in [6.07, 6.45) is 0.807. The molecule has 3 N–H and O–H groups in total. The van der Waals surface area contributed by atoms with Gasteiger partial charge in [-0.1, -0.05) is 29.8 Å². The molecule has 0 fully saturated rings. The van der Waals surface area contributed by atoms with Crippen LogP contribution in [0.5, 0.6) is 0 Å². The van der Waals surface area contributed by atoms with Gasteiger partial charge in [-0.15, -0.1) is 0 Å². The van der Waals surface area contributed by atoms with Crippen molar-refractivity contribution in [1.29, 1.82) is 0 Å². The van der Waals surface area contributed by atoms with E-state index < -0.39 is 32.0 Å². The number of sulfonamides is 2. The Hall–Kier alpha value is -1.98. The van der Waals surface area contributed by atoms with Crippen molar-refractivity contribution in [1.82, 2.24) is 9.44 Å². The topological polar surface area (TPSA) is 121 Å². The Morgan fingerprint density at radius 2 is 1.69 bits per heavy atom. The number of rotatable bonds is 8. The van der Waals surface area contributed by atoms with E-state index in [0.29, 0.717) is 21.8 Å². The van der Waals surface area contributed by atoms with Gasteiger partial charge in [0.05, 0.1) is 17.2 Å². The van der Waals surface area contributed by atoms with Crippen LogP contribution in [0, 0.1) is 6.92 Å². The first-order valence-electron chi connectivity index (χ1n) is 8.48. The number of halogens is 1. The third-order valence-electron chi connectivity index (χ3n) is 4.08. The summed E-state index contributed by atoms with van der Waals surface area (Å²) in [5.74, 6) is -0.483. The van der Waals surface area contributed by atoms with Gasteiger partial charge in [-0.25, -0.2) is 26.3 Å². The van der Waals surface area contributed by atoms with Gasteiger partial charge < -0.3 is 5.32 Å². The monoisotopic (exact) mass is 459 g/mol. The number of nitrogens with one attached hydrogen (secondary N) is 3. The van der Waals surface area contributed by atoms with Crippen molar-refractivity contribution in [2.75, 3.05) is 18.6 Å². The molecule has 0 bridgehead atoms. The standard InChI is InChI=1S/C18H22ClN3O5S2/c1-12-4-9-15(29(26,27)20-2)10-16(12)21-18(23)11-17(22-28(3,24)25)13-5-7-14(19)8-6-13/h4-10,17,20,22H,11H2,1-3H3,(H,21,23)/t17-/m0/s1. The quantitative estimate of drug-likeness (QED) is 0.558. The second kappa shape index (κ2) is 9.23. The number of hydrogen-bond donors (Lipinski definition) is 3. The number of carbonyl (C=O) groups is 1. The first kappa shape index (κ1) is 23.3. The predicted octanol–water partition coefficient (Wildman–Crippen LogP) is 2.18. The predicted molar refractivity (Wildman–Crippen MR) is 113 cm³/mol. The van der Waals surface area contributed by atoms with Crippen molar-refractivity contribution in [3.8, 4) is 0 Å². The fourth-order valence-corrected chi connectivity index (χ4v) is 4.21. The summed E-state index contributed by atoms with van der Waals surface area (Å²) in [5.41, 5.74) is 1.55. The van der Waals surface area contributed by atoms with E-state index in [1.165, 1.54) is 19.2 Å². The highest BCUT2D eigenvalue weighted by molar-refractivity contribution is 7.89. The average molecular weight is 460 g/mol. The van der Waals surface area contributed by atoms with Gasteiger partial charge in [0.2, 0.25) is 26.0 Å². The summed E-state index contributed by atoms with van der Waals surface area (Å²) in [6, 6.07) is 9.99. The van der Waals surface area contributed by atoms with Gasteiger partial charge >= 0.3 is 0 Å². The zero-order valence-electron chi connectivity index (χ0n) is 16.1. The molecule has 2 aromatic rings. The van der Waals surface area contributed by atoms with Crippen LogP contribution < -0.4 is 14.8 Å². The third kappa shape index (κ3) is 6.79. The summed E-state index contributed by atoms with van der Waals surface area (Å²) >= 11 is 5.87. The van der Waals surface area contributed by atoms with Crippen LogP contribution in [0.15, 0.2) is 47.4 Å². The number of hydrogen-bond acceptors (Lipinski definition) is 5. The molecule has 29 heavy (non-hydrogen) atoms. The maximum Gasteiger partial charge on any atom is 0.240 e. The van der Waals surface area contributed by atoms with Crippen molar-refractivity contribution in [2.45, 2.75) is 24.3 Å². The molecule has 0 radical (unpaired) electrons. The van der Waals surface area contributed by atoms with E-state index in [-0.39, 0.29) is 11.3 Å². The Bertz CT molecular complexity index is 1100. The number of carbonyl (C=O) groups excluding carboxylic acids is 1. The van der Waals surface area contributed by atoms with Gasteiger partial charge in [0.1, 0.15) is 0 Å². The minimum Gasteiger partial charge on any atom is -0.326 e. The molecule has 0 aliphatic rings. The molecule has 2 aromatic carbocycles. The molecule has 158 valence electrons. The van der Waals surface area contributed by atoms with Crippen molar-refractivity contribution in [3.63, 3.8) is 0 Å². The molecule has 0 spiro atoms. The molecule has 0 saturated carbocycles. The molecule has 0 aromatic heterocycles. The third-order valence-corrected chi connectivity index (χ3v) is 6.46. The lowest BCUT2D eigenvalue weighted by Gasteiger charge is -2.18. The highest BCUT2D eigenvalue weighted by Crippen LogP contribution is 2.23. The maximum atomic E-state index is 12.6. The van der Waals surface area contributed by atoms with Crippen LogP contribution in [-0.2, 0) is 24.8 Å². The first-order chi connectivity index (χ1) is 13.4. The van der Waals surface area contributed by atoms with Crippen LogP contribution in [0.2, 0.25) is 5.02 Å². The lowest BCUT2D eigenvalue weighted by Crippen LogP contribution is -2.30. The second-order valence-corrected chi connectivity index (χ2v) is 10.5. The van der Waals surface area contributed by atoms with Gasteiger partial charge in [-0.3, -0.25) is 4.79 Å². The number of amides is 1. The summed E-state index contributed by atoms with van der Waals surface area (Å²) in [7, 11) is -5.97. The van der Waals surface area contributed by atoms with E-state index in [1.54, 1.807) is 37.3 Å². The molecular formula is C18H22ClN3O5S2. The lowest BCUT2D eigenvalue weighted by atomic mass is 10.0. The lowest BCUT2D eigenvalue weighted by molar-refractivity contribution is -0.116. The summed E-state index contributed by atoms with van der Waals surface area (Å²) in [5, 5.41) is 3.13. The molecule has 8 nitrogen and oxygen atoms in total. The largest absolute Gasteiger partial charge is 0.326 e. The van der Waals surface area contributed by atoms with Crippen LogP contribution in [0.1, 0.15) is 23.6 Å². The molecule has 1 atom stereocenters. The normalized spacial score (nSPS) is 13.1. The van der Waals surface area contributed by atoms with Crippen molar-refractivity contribution >= 4 is 43.2 Å². The van der Waals surface area contributed by atoms with E-state index >= 15 is 0 Å². The maximum absolute atomic E-state index is 12.6. The van der Waals surface area contributed by atoms with Crippen LogP contribution in [0.3, 0.4) is 0 Å². The van der Waals surface area contributed by atoms with Crippen molar-refractivity contribution < 1.29 is 21.6 Å². The van der Waals surface area contributed by atoms with E-state index in [9.17, 15) is 21.6 Å². The van der Waals surface area contributed by atoms with Crippen LogP contribution in [0.4, 0.5) is 5.69 Å². The minimum atomic E-state index is -3.67. The highest BCUT2D eigenvalue weighted by atomic mass is 35.5. The molecule has 0 heterocycles. The van der Waals surface area contributed by atoms with E-state index in [4.69, 9.17) is 11.6 Å². The smallest absolute Gasteiger partial charge is 0.240 e. The van der Waals surface area contributed by atoms with E-state index in [1.807, 2.05) is 0 Å². The molecular weight excluding hydrogens is 438 g/mol. The fraction of sp³-hybridized carbons (Fsp3) is 0.278. The molecule has 0 aliphatic carbocycles. The molecule has 0 saturated heterocycles. The fourth-order valence-electron chi connectivity index (χ4n) is 2.59. The summed E-state index contributed by atoms with van der Waals surface area (Å²) < 4.78 is 52.1. The Balaban J connectivity index is 2.26. The zero-order chi connectivity index (χ0) is 21.8. The first-order valence-corrected chi connectivity index (χ1v) is 12.2. The molecule has 2 rings (SSSR count). The average Bonchev–Trinajstić information content (AvgIpc) is 2.62. The minimum absolute atomic E-state index is 0.00409. The highest BCUT2D eigenvalue weighted by Gasteiger charge is 2.21. The second-order valence-electron chi connectivity index (χ2n) is 6.43. The molecule has 1 amide bonds. The molecule has 0 aliphatic heterocycles. The van der Waals surface area contributed by atoms with Gasteiger partial charge in [-0.2, -0.15) is 0 Å². The van der Waals surface area contributed by atoms with Crippen LogP contribution >= 0.6 is 11.6 Å². The number of benzene rings is 2. The Kier molecular flexibility index (Phi) is 7.41. The Labute approximate surface area is 175 Å².